The molecule has 0 bridgehead atoms. The average Bonchev–Trinajstić information content (AvgIpc) is 3.19. The minimum Gasteiger partial charge on any atom is -0.310 e. The molecule has 0 aromatic heterocycles. The van der Waals surface area contributed by atoms with Gasteiger partial charge in [-0.2, -0.15) is 13.2 Å². The molecule has 2 nitrogen and oxygen atoms in total. The van der Waals surface area contributed by atoms with Crippen molar-refractivity contribution in [2.45, 2.75) is 44.6 Å². The van der Waals surface area contributed by atoms with Crippen molar-refractivity contribution in [3.05, 3.63) is 35.4 Å². The van der Waals surface area contributed by atoms with Gasteiger partial charge in [-0.3, -0.25) is 0 Å². The molecule has 0 saturated heterocycles. The molecule has 5 heteroatoms. The molecule has 0 amide bonds. The highest BCUT2D eigenvalue weighted by atomic mass is 19.4. The second-order valence-corrected chi connectivity index (χ2v) is 5.57. The van der Waals surface area contributed by atoms with Gasteiger partial charge in [-0.25, -0.2) is 0 Å². The number of nitrogens with one attached hydrogen (secondary N) is 1. The Morgan fingerprint density at radius 3 is 2.30 bits per heavy atom. The van der Waals surface area contributed by atoms with Crippen LogP contribution >= 0.6 is 0 Å². The van der Waals surface area contributed by atoms with Gasteiger partial charge < -0.3 is 10.2 Å². The fraction of sp³-hybridized carbons (Fsp3) is 0.600. The van der Waals surface area contributed by atoms with Gasteiger partial charge in [0.2, 0.25) is 0 Å². The van der Waals surface area contributed by atoms with Crippen LogP contribution in [0.2, 0.25) is 0 Å². The molecule has 2 rings (SSSR count). The number of rotatable bonds is 7. The Morgan fingerprint density at radius 1 is 1.15 bits per heavy atom. The lowest BCUT2D eigenvalue weighted by atomic mass is 10.1. The Kier molecular flexibility index (Phi) is 5.05. The third-order valence-corrected chi connectivity index (χ3v) is 3.42. The normalized spacial score (nSPS) is 15.8. The quantitative estimate of drug-likeness (QED) is 0.827. The van der Waals surface area contributed by atoms with Crippen LogP contribution in [0.1, 0.15) is 30.4 Å². The number of benzene rings is 1. The van der Waals surface area contributed by atoms with Gasteiger partial charge in [0.25, 0.3) is 0 Å². The summed E-state index contributed by atoms with van der Waals surface area (Å²) in [5, 5.41) is 3.43. The van der Waals surface area contributed by atoms with E-state index in [1.807, 2.05) is 24.3 Å². The Hall–Kier alpha value is -1.07. The Morgan fingerprint density at radius 2 is 1.75 bits per heavy atom. The number of nitrogens with zero attached hydrogens (tertiary/aromatic N) is 1. The van der Waals surface area contributed by atoms with Gasteiger partial charge in [-0.05, 0) is 31.0 Å². The highest BCUT2D eigenvalue weighted by Crippen LogP contribution is 2.20. The standard InChI is InChI=1S/C15H21F3N2/c1-20(9-8-15(16,17)18)11-13-4-2-12(3-5-13)10-19-14-6-7-14/h2-5,14,19H,6-11H2,1H3. The summed E-state index contributed by atoms with van der Waals surface area (Å²) in [6.07, 6.45) is -2.30. The number of halogens is 3. The van der Waals surface area contributed by atoms with Gasteiger partial charge in [0.1, 0.15) is 0 Å². The molecule has 0 heterocycles. The molecule has 1 fully saturated rings. The zero-order valence-corrected chi connectivity index (χ0v) is 11.7. The van der Waals surface area contributed by atoms with Crippen LogP contribution in [0.15, 0.2) is 24.3 Å². The molecule has 20 heavy (non-hydrogen) atoms. The molecule has 0 radical (unpaired) electrons. The zero-order valence-electron chi connectivity index (χ0n) is 11.7. The van der Waals surface area contributed by atoms with Gasteiger partial charge >= 0.3 is 6.18 Å². The summed E-state index contributed by atoms with van der Waals surface area (Å²) in [4.78, 5) is 1.70. The second kappa shape index (κ2) is 6.59. The third kappa shape index (κ3) is 5.92. The van der Waals surface area contributed by atoms with Crippen LogP contribution in [0.3, 0.4) is 0 Å². The largest absolute Gasteiger partial charge is 0.390 e. The Balaban J connectivity index is 1.74. The minimum absolute atomic E-state index is 0.0362. The minimum atomic E-state index is -4.08. The Bertz CT molecular complexity index is 410. The van der Waals surface area contributed by atoms with Crippen molar-refractivity contribution in [2.24, 2.45) is 0 Å². The van der Waals surface area contributed by atoms with Crippen molar-refractivity contribution >= 4 is 0 Å². The van der Waals surface area contributed by atoms with Gasteiger partial charge in [-0.15, -0.1) is 0 Å². The molecule has 112 valence electrons. The highest BCUT2D eigenvalue weighted by molar-refractivity contribution is 5.22. The average molecular weight is 286 g/mol. The van der Waals surface area contributed by atoms with Crippen LogP contribution in [0.5, 0.6) is 0 Å². The van der Waals surface area contributed by atoms with Crippen LogP contribution in [0.25, 0.3) is 0 Å². The summed E-state index contributed by atoms with van der Waals surface area (Å²) in [5.74, 6) is 0. The van der Waals surface area contributed by atoms with Crippen molar-refractivity contribution < 1.29 is 13.2 Å². The van der Waals surface area contributed by atoms with Crippen LogP contribution in [-0.4, -0.2) is 30.7 Å². The summed E-state index contributed by atoms with van der Waals surface area (Å²) < 4.78 is 36.4. The zero-order chi connectivity index (χ0) is 14.6. The first-order chi connectivity index (χ1) is 9.42. The predicted molar refractivity (Wildman–Crippen MR) is 73.3 cm³/mol. The number of hydrogen-bond donors (Lipinski definition) is 1. The van der Waals surface area contributed by atoms with Crippen LogP contribution in [0.4, 0.5) is 13.2 Å². The van der Waals surface area contributed by atoms with Crippen molar-refractivity contribution in [1.82, 2.24) is 10.2 Å². The predicted octanol–water partition coefficient (Wildman–Crippen LogP) is 3.32. The van der Waals surface area contributed by atoms with E-state index >= 15 is 0 Å². The maximum Gasteiger partial charge on any atom is 0.390 e. The molecule has 0 atom stereocenters. The molecule has 0 unspecified atom stereocenters. The smallest absolute Gasteiger partial charge is 0.310 e. The molecular formula is C15H21F3N2. The lowest BCUT2D eigenvalue weighted by Gasteiger charge is -2.18. The fourth-order valence-corrected chi connectivity index (χ4v) is 2.02. The first kappa shape index (κ1) is 15.3. The van der Waals surface area contributed by atoms with E-state index in [4.69, 9.17) is 0 Å². The summed E-state index contributed by atoms with van der Waals surface area (Å²) >= 11 is 0. The van der Waals surface area contributed by atoms with Gasteiger partial charge in [0, 0.05) is 25.7 Å². The van der Waals surface area contributed by atoms with E-state index in [1.54, 1.807) is 11.9 Å². The molecule has 1 N–H and O–H groups in total. The van der Waals surface area contributed by atoms with Crippen molar-refractivity contribution in [2.75, 3.05) is 13.6 Å². The summed E-state index contributed by atoms with van der Waals surface area (Å²) in [5.41, 5.74) is 2.27. The van der Waals surface area contributed by atoms with Crippen molar-refractivity contribution in [1.29, 1.82) is 0 Å². The maximum atomic E-state index is 12.1. The Labute approximate surface area is 118 Å². The maximum absolute atomic E-state index is 12.1. The summed E-state index contributed by atoms with van der Waals surface area (Å²) in [6, 6.07) is 8.76. The molecule has 1 aliphatic rings. The van der Waals surface area contributed by atoms with Gasteiger partial charge in [0.05, 0.1) is 6.42 Å². The molecule has 1 aliphatic carbocycles. The van der Waals surface area contributed by atoms with Crippen LogP contribution < -0.4 is 5.32 Å². The lowest BCUT2D eigenvalue weighted by Crippen LogP contribution is -2.24. The third-order valence-electron chi connectivity index (χ3n) is 3.42. The van der Waals surface area contributed by atoms with E-state index in [0.29, 0.717) is 12.6 Å². The first-order valence-corrected chi connectivity index (χ1v) is 6.99. The molecule has 1 saturated carbocycles. The van der Waals surface area contributed by atoms with E-state index in [-0.39, 0.29) is 6.54 Å². The van der Waals surface area contributed by atoms with E-state index < -0.39 is 12.6 Å². The van der Waals surface area contributed by atoms with Gasteiger partial charge in [0.15, 0.2) is 0 Å². The molecule has 1 aromatic carbocycles. The number of hydrogen-bond acceptors (Lipinski definition) is 2. The highest BCUT2D eigenvalue weighted by Gasteiger charge is 2.27. The fourth-order valence-electron chi connectivity index (χ4n) is 2.02. The summed E-state index contributed by atoms with van der Waals surface area (Å²) in [6.45, 7) is 1.45. The van der Waals surface area contributed by atoms with E-state index in [1.165, 1.54) is 18.4 Å². The van der Waals surface area contributed by atoms with Crippen molar-refractivity contribution in [3.8, 4) is 0 Å². The summed E-state index contributed by atoms with van der Waals surface area (Å²) in [7, 11) is 1.72. The molecule has 0 spiro atoms. The van der Waals surface area contributed by atoms with E-state index in [2.05, 4.69) is 5.32 Å². The van der Waals surface area contributed by atoms with E-state index in [0.717, 1.165) is 12.1 Å². The van der Waals surface area contributed by atoms with Gasteiger partial charge in [-0.1, -0.05) is 24.3 Å². The number of alkyl halides is 3. The molecule has 0 aliphatic heterocycles. The lowest BCUT2D eigenvalue weighted by molar-refractivity contribution is -0.137. The topological polar surface area (TPSA) is 15.3 Å². The first-order valence-electron chi connectivity index (χ1n) is 6.99. The van der Waals surface area contributed by atoms with E-state index in [9.17, 15) is 13.2 Å². The van der Waals surface area contributed by atoms with Crippen LogP contribution in [0, 0.1) is 0 Å². The monoisotopic (exact) mass is 286 g/mol. The van der Waals surface area contributed by atoms with Crippen molar-refractivity contribution in [3.63, 3.8) is 0 Å². The van der Waals surface area contributed by atoms with Crippen LogP contribution in [-0.2, 0) is 13.1 Å². The second-order valence-electron chi connectivity index (χ2n) is 5.57. The SMILES string of the molecule is CN(CCC(F)(F)F)Cc1ccc(CNC2CC2)cc1. The molecular weight excluding hydrogens is 265 g/mol. The molecule has 1 aromatic rings.